The molecule has 0 spiro atoms. The minimum absolute atomic E-state index is 0.00222. The van der Waals surface area contributed by atoms with Crippen LogP contribution >= 0.6 is 0 Å². The Balaban J connectivity index is 0.000000208. The van der Waals surface area contributed by atoms with Crippen LogP contribution in [0.25, 0.3) is 44.0 Å². The zero-order valence-corrected chi connectivity index (χ0v) is 69.6. The van der Waals surface area contributed by atoms with Gasteiger partial charge in [0.2, 0.25) is 5.82 Å². The van der Waals surface area contributed by atoms with Crippen LogP contribution in [0.4, 0.5) is 143 Å². The van der Waals surface area contributed by atoms with E-state index in [1.807, 2.05) is 0 Å². The summed E-state index contributed by atoms with van der Waals surface area (Å²) in [6.45, 7) is 68.7. The van der Waals surface area contributed by atoms with E-state index in [1.54, 1.807) is 38.1 Å². The Bertz CT molecular complexity index is 7540. The standard InChI is InChI=1S/C25H6F7N7.C24H12F2N6.C23H6F9N5.C23H12F3N5/c1-10-12(7-33)18(27)21(30)24(17(10)26)39(25-22(31)19(28)13(8-34)20(29)23(25)32)16-6-11(15(9-35)36-2)4-5-14(16)38-37-3;1-15-7-17(25)11-20(8-15)32(21-12-18(26)10-19(13-21)28-2)24-9-16(23(14-27)29-3)5-6-22(24)31-30-4;1-8-13(24)15(26)19(30)22(14(8)25)37(23-20(31)17(28)16(27)18(29)21(23)32)12-6-9(11(7-33)34-2)4-5-10(12)36-35-3;1-14-6-16(24)10-19(7-14)31(20-11-17(25)9-18(26)12-20)23-8-15(22(13-27)28-2)4-5-21(23)30-29-3/h4-6H,1H3;5-13H,1H3;4-6H,1H3;4-12H,1H3/b15-11+,38-14+;23-16+,31-22+;11-9+,36-10+;22-15+,30-21+. The van der Waals surface area contributed by atoms with Crippen molar-refractivity contribution >= 4 is 74.0 Å². The average molecular weight is 1900 g/mol. The third kappa shape index (κ3) is 20.9. The number of aryl methyl sites for hydroxylation is 2. The third-order valence-electron chi connectivity index (χ3n) is 18.9. The molecule has 0 amide bonds. The highest BCUT2D eigenvalue weighted by molar-refractivity contribution is 6.17. The van der Waals surface area contributed by atoms with Crippen molar-refractivity contribution in [2.24, 2.45) is 20.4 Å². The second-order valence-corrected chi connectivity index (χ2v) is 27.3. The first kappa shape index (κ1) is 102. The lowest BCUT2D eigenvalue weighted by Gasteiger charge is -2.30. The Morgan fingerprint density at radius 1 is 0.266 bits per heavy atom. The third-order valence-corrected chi connectivity index (χ3v) is 18.9. The lowest BCUT2D eigenvalue weighted by molar-refractivity contribution is 0.379. The maximum atomic E-state index is 15.5. The van der Waals surface area contributed by atoms with Crippen LogP contribution in [0.1, 0.15) is 33.4 Å². The zero-order valence-electron chi connectivity index (χ0n) is 69.6. The maximum Gasteiger partial charge on any atom is 0.269 e. The van der Waals surface area contributed by atoms with Gasteiger partial charge in [-0.25, -0.2) is 137 Å². The molecular formula is C95H36F21N23. The van der Waals surface area contributed by atoms with Gasteiger partial charge < -0.3 is 9.80 Å². The van der Waals surface area contributed by atoms with Crippen molar-refractivity contribution in [1.82, 2.24) is 0 Å². The summed E-state index contributed by atoms with van der Waals surface area (Å²) in [6.07, 6.45) is 13.6. The van der Waals surface area contributed by atoms with Crippen LogP contribution in [0, 0.1) is 277 Å². The molecule has 0 saturated carbocycles. The Labute approximate surface area is 770 Å². The molecule has 0 radical (unpaired) electrons. The molecule has 0 bridgehead atoms. The van der Waals surface area contributed by atoms with E-state index >= 15 is 22.0 Å². The lowest BCUT2D eigenvalue weighted by atomic mass is 9.99. The van der Waals surface area contributed by atoms with Gasteiger partial charge in [-0.3, -0.25) is 9.80 Å². The van der Waals surface area contributed by atoms with E-state index in [4.69, 9.17) is 74.9 Å². The highest BCUT2D eigenvalue weighted by atomic mass is 19.2. The molecule has 12 rings (SSSR count). The van der Waals surface area contributed by atoms with E-state index in [2.05, 4.69) is 64.4 Å². The van der Waals surface area contributed by atoms with Crippen LogP contribution in [0.2, 0.25) is 0 Å². The lowest BCUT2D eigenvalue weighted by Crippen LogP contribution is -2.29. The molecule has 4 aliphatic rings. The van der Waals surface area contributed by atoms with Crippen LogP contribution in [-0.4, -0.2) is 22.8 Å². The molecule has 44 heteroatoms. The molecular weight excluding hydrogens is 1860 g/mol. The van der Waals surface area contributed by atoms with Gasteiger partial charge in [-0.05, 0) is 176 Å². The minimum atomic E-state index is -2.65. The van der Waals surface area contributed by atoms with Crippen LogP contribution in [0.3, 0.4) is 0 Å². The van der Waals surface area contributed by atoms with Crippen LogP contribution in [0.5, 0.6) is 0 Å². The van der Waals surface area contributed by atoms with Crippen LogP contribution in [-0.2, 0) is 0 Å². The Morgan fingerprint density at radius 2 is 0.518 bits per heavy atom. The molecule has 0 aromatic heterocycles. The number of anilines is 8. The van der Waals surface area contributed by atoms with Gasteiger partial charge in [0.1, 0.15) is 69.5 Å². The van der Waals surface area contributed by atoms with Gasteiger partial charge in [0.25, 0.3) is 22.8 Å². The normalized spacial score (nSPS) is 15.0. The van der Waals surface area contributed by atoms with Crippen LogP contribution in [0.15, 0.2) is 234 Å². The van der Waals surface area contributed by atoms with Gasteiger partial charge in [-0.15, -0.1) is 19.8 Å². The van der Waals surface area contributed by atoms with Crippen molar-refractivity contribution in [3.63, 3.8) is 0 Å². The van der Waals surface area contributed by atoms with E-state index in [0.29, 0.717) is 36.3 Å². The van der Waals surface area contributed by atoms with Crippen molar-refractivity contribution in [3.8, 4) is 36.4 Å². The molecule has 8 aromatic rings. The summed E-state index contributed by atoms with van der Waals surface area (Å²) < 4.78 is 307. The van der Waals surface area contributed by atoms with E-state index in [1.165, 1.54) is 88.7 Å². The molecule has 0 aliphatic heterocycles. The monoisotopic (exact) mass is 1900 g/mol. The molecule has 23 nitrogen and oxygen atoms in total. The van der Waals surface area contributed by atoms with Crippen molar-refractivity contribution in [1.29, 1.82) is 31.6 Å². The summed E-state index contributed by atoms with van der Waals surface area (Å²) in [5.74, 6) is -40.8. The maximum absolute atomic E-state index is 15.5. The zero-order chi connectivity index (χ0) is 103. The number of hydrogen-bond acceptors (Lipinski definition) is 14. The fraction of sp³-hybridized carbons (Fsp3) is 0.0421. The first-order chi connectivity index (χ1) is 66.2. The molecule has 0 saturated heterocycles. The van der Waals surface area contributed by atoms with Gasteiger partial charge in [0.15, 0.2) is 116 Å². The number of nitriles is 6. The van der Waals surface area contributed by atoms with E-state index in [9.17, 15) is 86.0 Å². The highest BCUT2D eigenvalue weighted by Crippen LogP contribution is 2.48. The number of allylic oxidation sites excluding steroid dienone is 20. The minimum Gasteiger partial charge on any atom is -0.309 e. The van der Waals surface area contributed by atoms with Gasteiger partial charge in [0, 0.05) is 34.3 Å². The summed E-state index contributed by atoms with van der Waals surface area (Å²) in [4.78, 5) is 29.0. The first-order valence-corrected chi connectivity index (χ1v) is 37.2. The van der Waals surface area contributed by atoms with E-state index in [0.717, 1.165) is 67.6 Å². The summed E-state index contributed by atoms with van der Waals surface area (Å²) >= 11 is 0. The van der Waals surface area contributed by atoms with Crippen molar-refractivity contribution in [2.75, 3.05) is 19.6 Å². The second-order valence-electron chi connectivity index (χ2n) is 27.3. The molecule has 8 aromatic carbocycles. The summed E-state index contributed by atoms with van der Waals surface area (Å²) in [6, 6.07) is 23.2. The molecule has 4 aliphatic carbocycles. The van der Waals surface area contributed by atoms with Gasteiger partial charge in [0.05, 0.1) is 112 Å². The molecule has 0 N–H and O–H groups in total. The van der Waals surface area contributed by atoms with Gasteiger partial charge in [-0.2, -0.15) is 36.8 Å². The predicted octanol–water partition coefficient (Wildman–Crippen LogP) is 25.5. The number of benzene rings is 8. The largest absolute Gasteiger partial charge is 0.309 e. The van der Waals surface area contributed by atoms with Gasteiger partial charge >= 0.3 is 0 Å². The Morgan fingerprint density at radius 3 is 0.806 bits per heavy atom. The SMILES string of the molecule is [C-]#[N+]/N=C1C=C/C(=C(/C#N)[N+]#[C-])C=C\1N(c1c(F)c(C)c(C#N)c(F)c1F)c1c(F)c(F)c(C#N)c(F)c1F.[C-]#[N+]/N=C1C=C/C(=C(/C#N)[N+]#[C-])C=C\1N(c1c(F)c(C)c(F)c(F)c1F)c1c(F)c(F)c(F)c(F)c1F.[C-]#[N+]/N=C1C=C/C(=C(/C#N)[N+]#[C-])C=C\1N(c1cc(C)cc(F)c1)c1cc(F)cc(F)c1.[C-]#[N+]/N=C1C=C/C(=C(/C#N)[N+]#[C-])C=C\1N(c1cc(C)cc(F)c1)c1cc(F)cc([N+]#[C-])c1. The smallest absolute Gasteiger partial charge is 0.269 e. The van der Waals surface area contributed by atoms with Crippen LogP contribution < -0.4 is 19.6 Å². The summed E-state index contributed by atoms with van der Waals surface area (Å²) in [7, 11) is 0. The molecule has 139 heavy (non-hydrogen) atoms. The molecule has 0 atom stereocenters. The molecule has 0 heterocycles. The number of hydrogen-bond donors (Lipinski definition) is 0. The second kappa shape index (κ2) is 43.9. The van der Waals surface area contributed by atoms with E-state index < -0.39 is 207 Å². The number of halogens is 21. The summed E-state index contributed by atoms with van der Waals surface area (Å²) in [5, 5.41) is 68.9. The average Bonchev–Trinajstić information content (AvgIpc) is 0.736. The fourth-order valence-corrected chi connectivity index (χ4v) is 13.0. The highest BCUT2D eigenvalue weighted by Gasteiger charge is 2.42. The Kier molecular flexibility index (Phi) is 32.2. The topological polar surface area (TPSA) is 244 Å². The number of rotatable bonds is 12. The molecule has 678 valence electrons. The molecule has 0 unspecified atom stereocenters. The Hall–Kier alpha value is -20.6. The van der Waals surface area contributed by atoms with Crippen molar-refractivity contribution < 1.29 is 92.2 Å². The summed E-state index contributed by atoms with van der Waals surface area (Å²) in [5.41, 5.74) is -15.6. The molecule has 0 fully saturated rings. The van der Waals surface area contributed by atoms with Crippen molar-refractivity contribution in [2.45, 2.75) is 27.7 Å². The number of nitrogens with zero attached hydrogens (tertiary/aromatic N) is 23. The quantitative estimate of drug-likeness (QED) is 0.0279. The van der Waals surface area contributed by atoms with Crippen molar-refractivity contribution in [3.05, 3.63) is 472 Å². The van der Waals surface area contributed by atoms with E-state index in [-0.39, 0.29) is 89.2 Å². The predicted molar refractivity (Wildman–Crippen MR) is 456 cm³/mol. The van der Waals surface area contributed by atoms with Gasteiger partial charge in [-0.1, -0.05) is 24.3 Å². The fourth-order valence-electron chi connectivity index (χ4n) is 13.0. The first-order valence-electron chi connectivity index (χ1n) is 37.2.